The summed E-state index contributed by atoms with van der Waals surface area (Å²) in [6, 6.07) is 9.81. The Bertz CT molecular complexity index is 964. The third kappa shape index (κ3) is 4.33. The minimum absolute atomic E-state index is 0.0751. The average molecular weight is 437 g/mol. The van der Waals surface area contributed by atoms with Crippen LogP contribution in [-0.2, 0) is 9.59 Å². The average Bonchev–Trinajstić information content (AvgIpc) is 2.66. The molecule has 5 rings (SSSR count). The van der Waals surface area contributed by atoms with Crippen LogP contribution in [0.4, 0.5) is 8.78 Å². The second-order valence-electron chi connectivity index (χ2n) is 7.79. The molecule has 2 bridgehead atoms. The number of benzene rings is 2. The zero-order chi connectivity index (χ0) is 21.4. The van der Waals surface area contributed by atoms with Crippen molar-refractivity contribution in [3.05, 3.63) is 59.1 Å². The molecule has 0 radical (unpaired) electrons. The number of amides is 2. The molecular weight excluding hydrogens is 418 g/mol. The summed E-state index contributed by atoms with van der Waals surface area (Å²) in [5.74, 6) is -1.98. The molecule has 0 saturated heterocycles. The van der Waals surface area contributed by atoms with Gasteiger partial charge in [0.05, 0.1) is 0 Å². The van der Waals surface area contributed by atoms with Crippen molar-refractivity contribution in [2.75, 3.05) is 13.2 Å². The van der Waals surface area contributed by atoms with Gasteiger partial charge in [-0.15, -0.1) is 0 Å². The van der Waals surface area contributed by atoms with Crippen LogP contribution in [-0.4, -0.2) is 36.1 Å². The molecule has 3 aliphatic rings. The van der Waals surface area contributed by atoms with Gasteiger partial charge in [-0.1, -0.05) is 11.6 Å². The molecule has 0 aliphatic heterocycles. The zero-order valence-corrected chi connectivity index (χ0v) is 16.6. The maximum Gasteiger partial charge on any atom is 0.258 e. The molecule has 0 aromatic heterocycles. The van der Waals surface area contributed by atoms with Gasteiger partial charge in [-0.3, -0.25) is 9.59 Å². The molecule has 2 aromatic carbocycles. The predicted molar refractivity (Wildman–Crippen MR) is 104 cm³/mol. The summed E-state index contributed by atoms with van der Waals surface area (Å²) < 4.78 is 36.7. The number of halogens is 3. The summed E-state index contributed by atoms with van der Waals surface area (Å²) in [5, 5.41) is 6.43. The Kier molecular flexibility index (Phi) is 5.27. The fourth-order valence-electron chi connectivity index (χ4n) is 4.11. The van der Waals surface area contributed by atoms with Crippen LogP contribution in [0.3, 0.4) is 0 Å². The van der Waals surface area contributed by atoms with Crippen molar-refractivity contribution in [2.24, 2.45) is 0 Å². The van der Waals surface area contributed by atoms with Gasteiger partial charge >= 0.3 is 0 Å². The van der Waals surface area contributed by atoms with E-state index in [-0.39, 0.29) is 41.9 Å². The van der Waals surface area contributed by atoms with Crippen LogP contribution in [0.1, 0.15) is 19.3 Å². The number of carbonyl (C=O) groups is 2. The van der Waals surface area contributed by atoms with E-state index in [1.54, 1.807) is 24.3 Å². The number of hydrogen-bond donors (Lipinski definition) is 2. The van der Waals surface area contributed by atoms with Crippen molar-refractivity contribution in [1.29, 1.82) is 0 Å². The van der Waals surface area contributed by atoms with Crippen molar-refractivity contribution in [2.45, 2.75) is 30.3 Å². The Hall–Kier alpha value is -2.87. The second kappa shape index (κ2) is 7.75. The van der Waals surface area contributed by atoms with Crippen LogP contribution in [0.5, 0.6) is 11.5 Å². The quantitative estimate of drug-likeness (QED) is 0.667. The van der Waals surface area contributed by atoms with Crippen molar-refractivity contribution < 1.29 is 27.8 Å². The van der Waals surface area contributed by atoms with Crippen molar-refractivity contribution in [3.8, 4) is 11.5 Å². The Morgan fingerprint density at radius 3 is 1.87 bits per heavy atom. The standard InChI is InChI=1S/C21H19ClF2N2O4/c22-13-1-3-14(4-2-13)29-8-18(27)25-20-10-21(11-20,12-20)26-19(28)9-30-15-5-6-16(23)17(24)7-15/h1-7H,8-12H2,(H,25,27)(H,26,28). The molecule has 158 valence electrons. The third-order valence-corrected chi connectivity index (χ3v) is 5.54. The highest BCUT2D eigenvalue weighted by atomic mass is 35.5. The van der Waals surface area contributed by atoms with Crippen LogP contribution >= 0.6 is 11.6 Å². The van der Waals surface area contributed by atoms with E-state index in [1.807, 2.05) is 0 Å². The molecule has 0 atom stereocenters. The van der Waals surface area contributed by atoms with Crippen LogP contribution in [0, 0.1) is 11.6 Å². The van der Waals surface area contributed by atoms with Crippen LogP contribution in [0.25, 0.3) is 0 Å². The molecule has 6 nitrogen and oxygen atoms in total. The summed E-state index contributed by atoms with van der Waals surface area (Å²) >= 11 is 5.80. The Labute approximate surface area is 176 Å². The van der Waals surface area contributed by atoms with Gasteiger partial charge in [0.1, 0.15) is 11.5 Å². The number of ether oxygens (including phenoxy) is 2. The first-order chi connectivity index (χ1) is 14.3. The lowest BCUT2D eigenvalue weighted by molar-refractivity contribution is -0.151. The lowest BCUT2D eigenvalue weighted by Crippen LogP contribution is -2.84. The van der Waals surface area contributed by atoms with E-state index >= 15 is 0 Å². The summed E-state index contributed by atoms with van der Waals surface area (Å²) in [5.41, 5.74) is -0.659. The maximum atomic E-state index is 13.2. The fraction of sp³-hybridized carbons (Fsp3) is 0.333. The highest BCUT2D eigenvalue weighted by molar-refractivity contribution is 6.30. The summed E-state index contributed by atoms with van der Waals surface area (Å²) in [6.07, 6.45) is 1.89. The van der Waals surface area contributed by atoms with Gasteiger partial charge in [0.2, 0.25) is 0 Å². The van der Waals surface area contributed by atoms with Gasteiger partial charge < -0.3 is 20.1 Å². The van der Waals surface area contributed by atoms with E-state index < -0.39 is 11.6 Å². The molecule has 0 unspecified atom stereocenters. The lowest BCUT2D eigenvalue weighted by Gasteiger charge is -2.70. The molecular formula is C21H19ClF2N2O4. The topological polar surface area (TPSA) is 76.7 Å². The van der Waals surface area contributed by atoms with Gasteiger partial charge in [-0.25, -0.2) is 8.78 Å². The van der Waals surface area contributed by atoms with Gasteiger partial charge in [0.15, 0.2) is 24.8 Å². The summed E-state index contributed by atoms with van der Waals surface area (Å²) in [6.45, 7) is -0.411. The van der Waals surface area contributed by atoms with E-state index in [1.165, 1.54) is 6.07 Å². The summed E-state index contributed by atoms with van der Waals surface area (Å²) in [4.78, 5) is 24.2. The van der Waals surface area contributed by atoms with Crippen LogP contribution < -0.4 is 20.1 Å². The first-order valence-corrected chi connectivity index (χ1v) is 9.73. The second-order valence-corrected chi connectivity index (χ2v) is 8.23. The maximum absolute atomic E-state index is 13.2. The molecule has 3 saturated carbocycles. The van der Waals surface area contributed by atoms with E-state index in [0.29, 0.717) is 30.0 Å². The monoisotopic (exact) mass is 436 g/mol. The first-order valence-electron chi connectivity index (χ1n) is 9.35. The number of nitrogens with one attached hydrogen (secondary N) is 2. The van der Waals surface area contributed by atoms with E-state index in [4.69, 9.17) is 21.1 Å². The van der Waals surface area contributed by atoms with Crippen LogP contribution in [0.2, 0.25) is 5.02 Å². The first kappa shape index (κ1) is 20.4. The highest BCUT2D eigenvalue weighted by Crippen LogP contribution is 2.60. The molecule has 0 spiro atoms. The summed E-state index contributed by atoms with van der Waals surface area (Å²) in [7, 11) is 0. The predicted octanol–water partition coefficient (Wildman–Crippen LogP) is 2.98. The van der Waals surface area contributed by atoms with Crippen LogP contribution in [0.15, 0.2) is 42.5 Å². The molecule has 9 heteroatoms. The van der Waals surface area contributed by atoms with Crippen molar-refractivity contribution >= 4 is 23.4 Å². The van der Waals surface area contributed by atoms with Crippen molar-refractivity contribution in [3.63, 3.8) is 0 Å². The van der Waals surface area contributed by atoms with Gasteiger partial charge in [0, 0.05) is 22.2 Å². The lowest BCUT2D eigenvalue weighted by atomic mass is 9.44. The Morgan fingerprint density at radius 2 is 1.33 bits per heavy atom. The molecule has 3 fully saturated rings. The number of rotatable bonds is 8. The zero-order valence-electron chi connectivity index (χ0n) is 15.8. The Morgan fingerprint density at radius 1 is 0.833 bits per heavy atom. The third-order valence-electron chi connectivity index (χ3n) is 5.28. The molecule has 2 amide bonds. The molecule has 3 aliphatic carbocycles. The minimum atomic E-state index is -1.04. The van der Waals surface area contributed by atoms with Gasteiger partial charge in [-0.05, 0) is 55.7 Å². The van der Waals surface area contributed by atoms with E-state index in [2.05, 4.69) is 10.6 Å². The van der Waals surface area contributed by atoms with E-state index in [9.17, 15) is 18.4 Å². The fourth-order valence-corrected chi connectivity index (χ4v) is 4.24. The smallest absolute Gasteiger partial charge is 0.258 e. The highest BCUT2D eigenvalue weighted by Gasteiger charge is 2.69. The molecule has 0 heterocycles. The minimum Gasteiger partial charge on any atom is -0.484 e. The van der Waals surface area contributed by atoms with Gasteiger partial charge in [-0.2, -0.15) is 0 Å². The van der Waals surface area contributed by atoms with E-state index in [0.717, 1.165) is 12.1 Å². The SMILES string of the molecule is O=C(COc1ccc(Cl)cc1)NC12CC(NC(=O)COc3ccc(F)c(F)c3)(C1)C2. The Balaban J connectivity index is 1.17. The number of hydrogen-bond acceptors (Lipinski definition) is 4. The normalized spacial score (nSPS) is 23.6. The molecule has 2 aromatic rings. The largest absolute Gasteiger partial charge is 0.484 e. The van der Waals surface area contributed by atoms with Crippen molar-refractivity contribution in [1.82, 2.24) is 10.6 Å². The molecule has 30 heavy (non-hydrogen) atoms. The number of carbonyl (C=O) groups excluding carboxylic acids is 2. The van der Waals surface area contributed by atoms with Gasteiger partial charge in [0.25, 0.3) is 11.8 Å². The molecule has 2 N–H and O–H groups in total.